The number of hydrogen-bond donors (Lipinski definition) is 3. The van der Waals surface area contributed by atoms with Crippen molar-refractivity contribution < 1.29 is 23.9 Å². The molecule has 0 aliphatic heterocycles. The number of carbonyl (C=O) groups excluding carboxylic acids is 3. The standard InChI is InChI=1S/C23H29N3O5/c1-23(2,3)31-22(29)25-14-20(27)26-19(21(24)28)13-16-9-11-18(12-10-16)30-15-17-7-5-4-6-8-17/h4-12,19H,13-15H2,1-3H3,(H2,24,28)(H,25,29)(H,26,27)/t19-/m1/s1. The molecule has 0 bridgehead atoms. The monoisotopic (exact) mass is 427 g/mol. The van der Waals surface area contributed by atoms with Gasteiger partial charge in [-0.15, -0.1) is 0 Å². The summed E-state index contributed by atoms with van der Waals surface area (Å²) in [6, 6.07) is 16.1. The van der Waals surface area contributed by atoms with Crippen molar-refractivity contribution in [1.29, 1.82) is 0 Å². The highest BCUT2D eigenvalue weighted by Gasteiger charge is 2.20. The van der Waals surface area contributed by atoms with Gasteiger partial charge < -0.3 is 25.8 Å². The Kier molecular flexibility index (Phi) is 8.43. The predicted molar refractivity (Wildman–Crippen MR) is 116 cm³/mol. The number of carbonyl (C=O) groups is 3. The van der Waals surface area contributed by atoms with E-state index in [0.29, 0.717) is 12.4 Å². The molecule has 0 fully saturated rings. The van der Waals surface area contributed by atoms with Crippen molar-refractivity contribution in [3.05, 3.63) is 65.7 Å². The van der Waals surface area contributed by atoms with Crippen molar-refractivity contribution in [2.24, 2.45) is 5.73 Å². The van der Waals surface area contributed by atoms with Crippen LogP contribution in [0.1, 0.15) is 31.9 Å². The number of nitrogens with two attached hydrogens (primary N) is 1. The first kappa shape index (κ1) is 23.7. The SMILES string of the molecule is CC(C)(C)OC(=O)NCC(=O)N[C@H](Cc1ccc(OCc2ccccc2)cc1)C(N)=O. The number of primary amides is 1. The third kappa shape index (κ3) is 9.20. The molecular formula is C23H29N3O5. The van der Waals surface area contributed by atoms with Crippen LogP contribution in [-0.4, -0.2) is 36.1 Å². The Morgan fingerprint density at radius 1 is 0.968 bits per heavy atom. The third-order valence-electron chi connectivity index (χ3n) is 4.08. The van der Waals surface area contributed by atoms with E-state index in [9.17, 15) is 14.4 Å². The molecule has 0 unspecified atom stereocenters. The summed E-state index contributed by atoms with van der Waals surface area (Å²) in [5.41, 5.74) is 6.61. The molecule has 0 aromatic heterocycles. The van der Waals surface area contributed by atoms with Crippen LogP contribution >= 0.6 is 0 Å². The highest BCUT2D eigenvalue weighted by molar-refractivity contribution is 5.88. The summed E-state index contributed by atoms with van der Waals surface area (Å²) in [5.74, 6) is -0.527. The van der Waals surface area contributed by atoms with Crippen LogP contribution in [0.2, 0.25) is 0 Å². The Morgan fingerprint density at radius 3 is 2.19 bits per heavy atom. The van der Waals surface area contributed by atoms with Gasteiger partial charge in [0.15, 0.2) is 0 Å². The van der Waals surface area contributed by atoms with Gasteiger partial charge in [-0.3, -0.25) is 9.59 Å². The van der Waals surface area contributed by atoms with E-state index in [1.165, 1.54) is 0 Å². The Balaban J connectivity index is 1.84. The van der Waals surface area contributed by atoms with Crippen molar-refractivity contribution in [2.75, 3.05) is 6.54 Å². The summed E-state index contributed by atoms with van der Waals surface area (Å²) >= 11 is 0. The maximum Gasteiger partial charge on any atom is 0.408 e. The van der Waals surface area contributed by atoms with Gasteiger partial charge in [0.25, 0.3) is 0 Å². The first-order valence-electron chi connectivity index (χ1n) is 9.93. The fraction of sp³-hybridized carbons (Fsp3) is 0.348. The normalized spacial score (nSPS) is 11.8. The van der Waals surface area contributed by atoms with Crippen LogP contribution in [0.5, 0.6) is 5.75 Å². The number of hydrogen-bond acceptors (Lipinski definition) is 5. The molecule has 1 atom stereocenters. The minimum absolute atomic E-state index is 0.215. The lowest BCUT2D eigenvalue weighted by atomic mass is 10.1. The highest BCUT2D eigenvalue weighted by Crippen LogP contribution is 2.15. The second-order valence-corrected chi connectivity index (χ2v) is 8.00. The van der Waals surface area contributed by atoms with E-state index in [1.54, 1.807) is 45.0 Å². The van der Waals surface area contributed by atoms with Gasteiger partial charge in [-0.05, 0) is 44.0 Å². The fourth-order valence-corrected chi connectivity index (χ4v) is 2.63. The van der Waals surface area contributed by atoms with Gasteiger partial charge in [0, 0.05) is 6.42 Å². The van der Waals surface area contributed by atoms with Gasteiger partial charge in [-0.1, -0.05) is 42.5 Å². The Labute approximate surface area is 182 Å². The summed E-state index contributed by atoms with van der Waals surface area (Å²) < 4.78 is 10.8. The molecule has 4 N–H and O–H groups in total. The minimum atomic E-state index is -0.913. The second-order valence-electron chi connectivity index (χ2n) is 8.00. The lowest BCUT2D eigenvalue weighted by molar-refractivity contribution is -0.126. The Bertz CT molecular complexity index is 876. The molecule has 0 spiro atoms. The molecule has 8 heteroatoms. The van der Waals surface area contributed by atoms with E-state index in [-0.39, 0.29) is 13.0 Å². The van der Waals surface area contributed by atoms with Crippen molar-refractivity contribution in [2.45, 2.75) is 45.4 Å². The molecule has 166 valence electrons. The zero-order valence-corrected chi connectivity index (χ0v) is 18.0. The zero-order chi connectivity index (χ0) is 22.9. The summed E-state index contributed by atoms with van der Waals surface area (Å²) in [7, 11) is 0. The largest absolute Gasteiger partial charge is 0.489 e. The van der Waals surface area contributed by atoms with Crippen LogP contribution in [-0.2, 0) is 27.4 Å². The average molecular weight is 428 g/mol. The number of rotatable bonds is 9. The van der Waals surface area contributed by atoms with Gasteiger partial charge in [-0.25, -0.2) is 4.79 Å². The second kappa shape index (κ2) is 11.0. The summed E-state index contributed by atoms with van der Waals surface area (Å²) in [6.45, 7) is 5.27. The smallest absolute Gasteiger partial charge is 0.408 e. The molecule has 3 amide bonds. The topological polar surface area (TPSA) is 120 Å². The molecular weight excluding hydrogens is 398 g/mol. The predicted octanol–water partition coefficient (Wildman–Crippen LogP) is 2.30. The zero-order valence-electron chi connectivity index (χ0n) is 18.0. The van der Waals surface area contributed by atoms with Crippen LogP contribution in [0.25, 0.3) is 0 Å². The lowest BCUT2D eigenvalue weighted by Crippen LogP contribution is -2.49. The van der Waals surface area contributed by atoms with E-state index in [2.05, 4.69) is 10.6 Å². The minimum Gasteiger partial charge on any atom is -0.489 e. The van der Waals surface area contributed by atoms with Gasteiger partial charge in [0.2, 0.25) is 11.8 Å². The molecule has 0 radical (unpaired) electrons. The molecule has 0 aliphatic rings. The molecule has 0 aliphatic carbocycles. The van der Waals surface area contributed by atoms with Gasteiger partial charge in [0.05, 0.1) is 0 Å². The summed E-state index contributed by atoms with van der Waals surface area (Å²) in [6.07, 6.45) is -0.503. The first-order chi connectivity index (χ1) is 14.6. The third-order valence-corrected chi connectivity index (χ3v) is 4.08. The number of benzene rings is 2. The molecule has 2 aromatic rings. The van der Waals surface area contributed by atoms with Crippen molar-refractivity contribution in [1.82, 2.24) is 10.6 Å². The van der Waals surface area contributed by atoms with Crippen LogP contribution in [0.15, 0.2) is 54.6 Å². The molecule has 0 heterocycles. The molecule has 2 aromatic carbocycles. The van der Waals surface area contributed by atoms with Crippen LogP contribution in [0.3, 0.4) is 0 Å². The molecule has 8 nitrogen and oxygen atoms in total. The number of nitrogens with one attached hydrogen (secondary N) is 2. The number of ether oxygens (including phenoxy) is 2. The Morgan fingerprint density at radius 2 is 1.61 bits per heavy atom. The van der Waals surface area contributed by atoms with E-state index in [1.807, 2.05) is 30.3 Å². The van der Waals surface area contributed by atoms with E-state index in [4.69, 9.17) is 15.2 Å². The maximum atomic E-state index is 12.1. The average Bonchev–Trinajstić information content (AvgIpc) is 2.70. The van der Waals surface area contributed by atoms with Crippen LogP contribution in [0.4, 0.5) is 4.79 Å². The van der Waals surface area contributed by atoms with Crippen molar-refractivity contribution in [3.8, 4) is 5.75 Å². The summed E-state index contributed by atoms with van der Waals surface area (Å²) in [5, 5.41) is 4.87. The molecule has 0 saturated carbocycles. The first-order valence-corrected chi connectivity index (χ1v) is 9.93. The fourth-order valence-electron chi connectivity index (χ4n) is 2.63. The molecule has 0 saturated heterocycles. The van der Waals surface area contributed by atoms with Crippen molar-refractivity contribution in [3.63, 3.8) is 0 Å². The molecule has 31 heavy (non-hydrogen) atoms. The maximum absolute atomic E-state index is 12.1. The van der Waals surface area contributed by atoms with Gasteiger partial charge >= 0.3 is 6.09 Å². The quantitative estimate of drug-likeness (QED) is 0.567. The van der Waals surface area contributed by atoms with Gasteiger partial charge in [0.1, 0.15) is 30.5 Å². The number of alkyl carbamates (subject to hydrolysis) is 1. The van der Waals surface area contributed by atoms with Crippen molar-refractivity contribution >= 4 is 17.9 Å². The van der Waals surface area contributed by atoms with E-state index < -0.39 is 29.6 Å². The number of amides is 3. The Hall–Kier alpha value is -3.55. The van der Waals surface area contributed by atoms with E-state index in [0.717, 1.165) is 11.1 Å². The summed E-state index contributed by atoms with van der Waals surface area (Å²) in [4.78, 5) is 35.5. The van der Waals surface area contributed by atoms with E-state index >= 15 is 0 Å². The highest BCUT2D eigenvalue weighted by atomic mass is 16.6. The van der Waals surface area contributed by atoms with Gasteiger partial charge in [-0.2, -0.15) is 0 Å². The van der Waals surface area contributed by atoms with Crippen LogP contribution < -0.4 is 21.1 Å². The van der Waals surface area contributed by atoms with Crippen LogP contribution in [0, 0.1) is 0 Å². The molecule has 2 rings (SSSR count). The lowest BCUT2D eigenvalue weighted by Gasteiger charge is -2.20.